The van der Waals surface area contributed by atoms with E-state index < -0.39 is 39.5 Å². The van der Waals surface area contributed by atoms with E-state index in [0.717, 1.165) is 12.0 Å². The molecule has 1 aliphatic heterocycles. The Kier molecular flexibility index (Phi) is 6.11. The zero-order valence-electron chi connectivity index (χ0n) is 20.5. The summed E-state index contributed by atoms with van der Waals surface area (Å²) in [6.07, 6.45) is 6.89. The summed E-state index contributed by atoms with van der Waals surface area (Å²) in [5.74, 6) is -1.72. The number of carbonyl (C=O) groups is 3. The number of fused-ring (bicyclic) bond motifs is 5. The molecule has 6 nitrogen and oxygen atoms in total. The predicted octanol–water partition coefficient (Wildman–Crippen LogP) is 4.14. The van der Waals surface area contributed by atoms with Crippen LogP contribution in [0, 0.1) is 28.6 Å². The highest BCUT2D eigenvalue weighted by Gasteiger charge is 2.76. The van der Waals surface area contributed by atoms with Crippen LogP contribution in [0.3, 0.4) is 0 Å². The number of aliphatic hydroxyl groups excluding tert-OH is 1. The maximum absolute atomic E-state index is 13.6. The summed E-state index contributed by atoms with van der Waals surface area (Å²) in [6.45, 7) is 6.39. The molecule has 35 heavy (non-hydrogen) atoms. The number of rotatable bonds is 4. The number of halogens is 2. The van der Waals surface area contributed by atoms with E-state index in [2.05, 4.69) is 0 Å². The highest BCUT2D eigenvalue weighted by Crippen LogP contribution is 2.72. The summed E-state index contributed by atoms with van der Waals surface area (Å²) < 4.78 is 11.8. The maximum atomic E-state index is 13.6. The number of aliphatic hydroxyl groups is 1. The van der Waals surface area contributed by atoms with Crippen molar-refractivity contribution < 1.29 is 29.0 Å². The molecule has 0 amide bonds. The first-order valence-corrected chi connectivity index (χ1v) is 13.6. The first kappa shape index (κ1) is 25.4. The molecule has 192 valence electrons. The van der Waals surface area contributed by atoms with Crippen LogP contribution in [0.2, 0.25) is 0 Å². The highest BCUT2D eigenvalue weighted by atomic mass is 35.5. The van der Waals surface area contributed by atoms with Crippen LogP contribution in [0.25, 0.3) is 0 Å². The molecule has 5 aliphatic rings. The van der Waals surface area contributed by atoms with E-state index in [9.17, 15) is 19.5 Å². The number of allylic oxidation sites excluding steroid dienone is 4. The van der Waals surface area contributed by atoms with Gasteiger partial charge >= 0.3 is 5.97 Å². The fourth-order valence-electron chi connectivity index (χ4n) is 8.49. The second kappa shape index (κ2) is 8.41. The fraction of sp³-hybridized carbons (Fsp3) is 0.741. The van der Waals surface area contributed by atoms with Crippen LogP contribution in [0.5, 0.6) is 0 Å². The first-order valence-electron chi connectivity index (χ1n) is 12.7. The fourth-order valence-corrected chi connectivity index (χ4v) is 9.21. The van der Waals surface area contributed by atoms with E-state index in [1.54, 1.807) is 12.2 Å². The monoisotopic (exact) mass is 524 g/mol. The molecule has 4 aliphatic carbocycles. The molecule has 0 bridgehead atoms. The van der Waals surface area contributed by atoms with Crippen LogP contribution >= 0.6 is 23.2 Å². The van der Waals surface area contributed by atoms with E-state index in [-0.39, 0.29) is 41.6 Å². The number of ether oxygens (including phenoxy) is 2. The zero-order chi connectivity index (χ0) is 25.4. The Bertz CT molecular complexity index is 1020. The molecule has 0 aromatic rings. The van der Waals surface area contributed by atoms with Gasteiger partial charge in [-0.25, -0.2) is 4.79 Å². The van der Waals surface area contributed by atoms with Gasteiger partial charge in [0.25, 0.3) is 0 Å². The summed E-state index contributed by atoms with van der Waals surface area (Å²) in [5.41, 5.74) is -2.05. The van der Waals surface area contributed by atoms with Crippen molar-refractivity contribution in [2.45, 2.75) is 82.0 Å². The van der Waals surface area contributed by atoms with E-state index in [4.69, 9.17) is 32.7 Å². The SMILES string of the molecule is CC1CC2C3CCC4=CC(=O)C=CC4(C)C3(Cl)C(O)CC2(C)C1(OC(=O)C1CCCO1)C(=O)CCl. The van der Waals surface area contributed by atoms with Gasteiger partial charge in [0.05, 0.1) is 16.9 Å². The normalized spacial score (nSPS) is 48.6. The molecule has 0 radical (unpaired) electrons. The molecule has 0 spiro atoms. The van der Waals surface area contributed by atoms with Gasteiger partial charge in [-0.3, -0.25) is 9.59 Å². The van der Waals surface area contributed by atoms with E-state index in [1.165, 1.54) is 0 Å². The molecule has 4 fully saturated rings. The van der Waals surface area contributed by atoms with Gasteiger partial charge < -0.3 is 14.6 Å². The van der Waals surface area contributed by atoms with Gasteiger partial charge in [-0.05, 0) is 62.5 Å². The van der Waals surface area contributed by atoms with Crippen molar-refractivity contribution >= 4 is 40.7 Å². The number of carbonyl (C=O) groups excluding carboxylic acids is 3. The average molecular weight is 525 g/mol. The Morgan fingerprint density at radius 2 is 2.00 bits per heavy atom. The minimum Gasteiger partial charge on any atom is -0.448 e. The van der Waals surface area contributed by atoms with Gasteiger partial charge in [0.1, 0.15) is 0 Å². The third kappa shape index (κ3) is 3.19. The lowest BCUT2D eigenvalue weighted by molar-refractivity contribution is -0.206. The van der Waals surface area contributed by atoms with Crippen LogP contribution in [0.15, 0.2) is 23.8 Å². The topological polar surface area (TPSA) is 89.9 Å². The number of Topliss-reactive ketones (excluding diaryl/α,β-unsaturated/α-hetero) is 1. The Morgan fingerprint density at radius 1 is 1.26 bits per heavy atom. The lowest BCUT2D eigenvalue weighted by Crippen LogP contribution is -2.69. The minimum absolute atomic E-state index is 0.0615. The van der Waals surface area contributed by atoms with Crippen molar-refractivity contribution in [3.8, 4) is 0 Å². The van der Waals surface area contributed by atoms with E-state index in [0.29, 0.717) is 32.3 Å². The Balaban J connectivity index is 1.58. The quantitative estimate of drug-likeness (QED) is 0.439. The third-order valence-electron chi connectivity index (χ3n) is 10.2. The van der Waals surface area contributed by atoms with Crippen molar-refractivity contribution in [1.29, 1.82) is 0 Å². The molecule has 8 heteroatoms. The van der Waals surface area contributed by atoms with E-state index >= 15 is 0 Å². The van der Waals surface area contributed by atoms with Crippen LogP contribution < -0.4 is 0 Å². The molecule has 9 unspecified atom stereocenters. The van der Waals surface area contributed by atoms with Crippen molar-refractivity contribution in [2.75, 3.05) is 12.5 Å². The van der Waals surface area contributed by atoms with Crippen LogP contribution in [-0.2, 0) is 23.9 Å². The second-order valence-electron chi connectivity index (χ2n) is 11.6. The molecular formula is C27H34Cl2O6. The van der Waals surface area contributed by atoms with Crippen molar-refractivity contribution in [3.63, 3.8) is 0 Å². The van der Waals surface area contributed by atoms with E-state index in [1.807, 2.05) is 26.8 Å². The zero-order valence-corrected chi connectivity index (χ0v) is 22.0. The molecule has 1 N–H and O–H groups in total. The minimum atomic E-state index is -1.46. The predicted molar refractivity (Wildman–Crippen MR) is 131 cm³/mol. The van der Waals surface area contributed by atoms with Crippen LogP contribution in [0.4, 0.5) is 0 Å². The standard InChI is InChI=1S/C27H34Cl2O6/c1-15-11-19-18-7-6-16-12-17(30)8-9-24(16,2)26(18,29)21(31)13-25(19,3)27(15,22(32)14-28)35-23(33)20-5-4-10-34-20/h8-9,12,15,18-21,31H,4-7,10-11,13-14H2,1-3H3. The van der Waals surface area contributed by atoms with Crippen LogP contribution in [0.1, 0.15) is 59.3 Å². The number of ketones is 2. The average Bonchev–Trinajstić information content (AvgIpc) is 3.42. The van der Waals surface area contributed by atoms with Gasteiger partial charge in [-0.15, -0.1) is 23.2 Å². The largest absolute Gasteiger partial charge is 0.448 e. The van der Waals surface area contributed by atoms with Gasteiger partial charge in [-0.1, -0.05) is 32.4 Å². The smallest absolute Gasteiger partial charge is 0.336 e. The number of hydrogen-bond donors (Lipinski definition) is 1. The third-order valence-corrected chi connectivity index (χ3v) is 11.3. The number of hydrogen-bond acceptors (Lipinski definition) is 6. The van der Waals surface area contributed by atoms with Crippen LogP contribution in [-0.4, -0.2) is 57.8 Å². The van der Waals surface area contributed by atoms with Gasteiger partial charge in [0, 0.05) is 23.4 Å². The molecule has 1 saturated heterocycles. The Labute approximate surface area is 216 Å². The van der Waals surface area contributed by atoms with Gasteiger partial charge in [0.2, 0.25) is 0 Å². The Hall–Kier alpha value is -1.21. The number of alkyl halides is 2. The molecule has 1 heterocycles. The Morgan fingerprint density at radius 3 is 2.66 bits per heavy atom. The molecule has 3 saturated carbocycles. The second-order valence-corrected chi connectivity index (χ2v) is 12.5. The first-order chi connectivity index (χ1) is 16.5. The molecule has 5 rings (SSSR count). The summed E-state index contributed by atoms with van der Waals surface area (Å²) >= 11 is 13.6. The molecule has 0 aromatic heterocycles. The lowest BCUT2D eigenvalue weighted by atomic mass is 9.45. The van der Waals surface area contributed by atoms with Gasteiger partial charge in [-0.2, -0.15) is 0 Å². The number of esters is 1. The summed E-state index contributed by atoms with van der Waals surface area (Å²) in [6, 6.07) is 0. The summed E-state index contributed by atoms with van der Waals surface area (Å²) in [7, 11) is 0. The lowest BCUT2D eigenvalue weighted by Gasteiger charge is -2.64. The maximum Gasteiger partial charge on any atom is 0.336 e. The van der Waals surface area contributed by atoms with Crippen molar-refractivity contribution in [3.05, 3.63) is 23.8 Å². The van der Waals surface area contributed by atoms with Crippen molar-refractivity contribution in [2.24, 2.45) is 28.6 Å². The summed E-state index contributed by atoms with van der Waals surface area (Å²) in [5, 5.41) is 11.8. The summed E-state index contributed by atoms with van der Waals surface area (Å²) in [4.78, 5) is 37.9. The molecule has 9 atom stereocenters. The molecular weight excluding hydrogens is 491 g/mol. The van der Waals surface area contributed by atoms with Crippen molar-refractivity contribution in [1.82, 2.24) is 0 Å². The molecule has 0 aromatic carbocycles. The van der Waals surface area contributed by atoms with Gasteiger partial charge in [0.15, 0.2) is 23.3 Å². The highest BCUT2D eigenvalue weighted by molar-refractivity contribution is 6.29.